The van der Waals surface area contributed by atoms with Gasteiger partial charge in [0, 0.05) is 12.4 Å². The summed E-state index contributed by atoms with van der Waals surface area (Å²) in [6, 6.07) is 7.77. The molecule has 3 heterocycles. The molecule has 0 spiro atoms. The van der Waals surface area contributed by atoms with Crippen molar-refractivity contribution < 1.29 is 0 Å². The van der Waals surface area contributed by atoms with Crippen LogP contribution >= 0.6 is 0 Å². The molecule has 0 atom stereocenters. The lowest BCUT2D eigenvalue weighted by molar-refractivity contribution is 1.23. The number of pyridine rings is 2. The average molecular weight is 210 g/mol. The molecule has 78 valence electrons. The van der Waals surface area contributed by atoms with E-state index in [1.54, 1.807) is 6.20 Å². The molecule has 0 fully saturated rings. The number of aryl methyl sites for hydroxylation is 1. The molecule has 0 bridgehead atoms. The van der Waals surface area contributed by atoms with E-state index >= 15 is 0 Å². The predicted octanol–water partition coefficient (Wildman–Crippen LogP) is 2.33. The van der Waals surface area contributed by atoms with Crippen LogP contribution in [-0.2, 0) is 0 Å². The van der Waals surface area contributed by atoms with E-state index in [1.165, 1.54) is 0 Å². The van der Waals surface area contributed by atoms with Crippen LogP contribution in [0.25, 0.3) is 22.7 Å². The minimum Gasteiger partial charge on any atom is -0.335 e. The Bertz CT molecular complexity index is 628. The average Bonchev–Trinajstić information content (AvgIpc) is 2.73. The monoisotopic (exact) mass is 210 g/mol. The summed E-state index contributed by atoms with van der Waals surface area (Å²) >= 11 is 0. The van der Waals surface area contributed by atoms with E-state index in [4.69, 9.17) is 0 Å². The van der Waals surface area contributed by atoms with Crippen molar-refractivity contribution in [3.8, 4) is 11.5 Å². The van der Waals surface area contributed by atoms with Crippen molar-refractivity contribution in [1.82, 2.24) is 19.9 Å². The molecule has 0 saturated heterocycles. The molecule has 4 heteroatoms. The SMILES string of the molecule is Cc1cnc2nc(-c3ccccn3)[nH]c2c1. The number of imidazole rings is 1. The molecule has 0 unspecified atom stereocenters. The van der Waals surface area contributed by atoms with Crippen LogP contribution in [0, 0.1) is 6.92 Å². The Labute approximate surface area is 92.4 Å². The first-order valence-electron chi connectivity index (χ1n) is 5.07. The number of nitrogens with one attached hydrogen (secondary N) is 1. The number of fused-ring (bicyclic) bond motifs is 1. The maximum atomic E-state index is 4.39. The van der Waals surface area contributed by atoms with Gasteiger partial charge in [-0.1, -0.05) is 6.07 Å². The molecule has 4 nitrogen and oxygen atoms in total. The molecule has 0 amide bonds. The first-order chi connectivity index (χ1) is 7.83. The lowest BCUT2D eigenvalue weighted by Gasteiger charge is -1.92. The van der Waals surface area contributed by atoms with E-state index in [9.17, 15) is 0 Å². The van der Waals surface area contributed by atoms with Gasteiger partial charge in [-0.3, -0.25) is 4.98 Å². The molecule has 0 aliphatic rings. The Hall–Kier alpha value is -2.23. The van der Waals surface area contributed by atoms with Crippen LogP contribution in [0.15, 0.2) is 36.7 Å². The van der Waals surface area contributed by atoms with E-state index in [0.29, 0.717) is 0 Å². The van der Waals surface area contributed by atoms with Gasteiger partial charge >= 0.3 is 0 Å². The summed E-state index contributed by atoms with van der Waals surface area (Å²) < 4.78 is 0. The maximum absolute atomic E-state index is 4.39. The number of hydrogen-bond donors (Lipinski definition) is 1. The van der Waals surface area contributed by atoms with E-state index in [-0.39, 0.29) is 0 Å². The third kappa shape index (κ3) is 1.44. The van der Waals surface area contributed by atoms with Crippen molar-refractivity contribution in [2.75, 3.05) is 0 Å². The van der Waals surface area contributed by atoms with Crippen LogP contribution < -0.4 is 0 Å². The maximum Gasteiger partial charge on any atom is 0.178 e. The molecular formula is C12H10N4. The van der Waals surface area contributed by atoms with Gasteiger partial charge in [0.1, 0.15) is 5.69 Å². The smallest absolute Gasteiger partial charge is 0.178 e. The summed E-state index contributed by atoms with van der Waals surface area (Å²) in [7, 11) is 0. The van der Waals surface area contributed by atoms with Gasteiger partial charge in [-0.25, -0.2) is 9.97 Å². The second-order valence-corrected chi connectivity index (χ2v) is 3.68. The van der Waals surface area contributed by atoms with Gasteiger partial charge in [-0.15, -0.1) is 0 Å². The van der Waals surface area contributed by atoms with Crippen LogP contribution in [0.4, 0.5) is 0 Å². The first-order valence-corrected chi connectivity index (χ1v) is 5.07. The van der Waals surface area contributed by atoms with Gasteiger partial charge in [0.2, 0.25) is 0 Å². The standard InChI is InChI=1S/C12H10N4/c1-8-6-10-11(14-7-8)16-12(15-10)9-4-2-3-5-13-9/h2-7H,1H3,(H,14,15,16). The van der Waals surface area contributed by atoms with Crippen LogP contribution in [-0.4, -0.2) is 19.9 Å². The summed E-state index contributed by atoms with van der Waals surface area (Å²) in [5.74, 6) is 0.758. The third-order valence-electron chi connectivity index (χ3n) is 2.38. The number of nitrogens with zero attached hydrogens (tertiary/aromatic N) is 3. The highest BCUT2D eigenvalue weighted by atomic mass is 15.0. The minimum absolute atomic E-state index is 0.728. The first kappa shape index (κ1) is 9.03. The molecule has 0 aliphatic heterocycles. The Morgan fingerprint density at radius 3 is 2.94 bits per heavy atom. The summed E-state index contributed by atoms with van der Waals surface area (Å²) in [5.41, 5.74) is 3.62. The quantitative estimate of drug-likeness (QED) is 0.670. The number of aromatic amines is 1. The molecule has 3 rings (SSSR count). The van der Waals surface area contributed by atoms with E-state index in [0.717, 1.165) is 28.2 Å². The van der Waals surface area contributed by atoms with Crippen LogP contribution in [0.1, 0.15) is 5.56 Å². The molecule has 3 aromatic heterocycles. The number of aromatic nitrogens is 4. The van der Waals surface area contributed by atoms with Crippen molar-refractivity contribution in [3.05, 3.63) is 42.2 Å². The van der Waals surface area contributed by atoms with Gasteiger partial charge in [-0.2, -0.15) is 0 Å². The molecule has 1 N–H and O–H groups in total. The van der Waals surface area contributed by atoms with Crippen molar-refractivity contribution in [2.24, 2.45) is 0 Å². The highest BCUT2D eigenvalue weighted by Crippen LogP contribution is 2.17. The summed E-state index contributed by atoms with van der Waals surface area (Å²) in [6.45, 7) is 2.01. The molecule has 0 aromatic carbocycles. The van der Waals surface area contributed by atoms with Crippen molar-refractivity contribution in [2.45, 2.75) is 6.92 Å². The summed E-state index contributed by atoms with van der Waals surface area (Å²) in [5, 5.41) is 0. The van der Waals surface area contributed by atoms with Crippen molar-refractivity contribution in [1.29, 1.82) is 0 Å². The Morgan fingerprint density at radius 2 is 2.12 bits per heavy atom. The van der Waals surface area contributed by atoms with Gasteiger partial charge in [0.15, 0.2) is 11.5 Å². The molecule has 0 radical (unpaired) electrons. The van der Waals surface area contributed by atoms with Crippen LogP contribution in [0.5, 0.6) is 0 Å². The molecule has 0 aliphatic carbocycles. The Kier molecular flexibility index (Phi) is 1.93. The largest absolute Gasteiger partial charge is 0.335 e. The molecule has 16 heavy (non-hydrogen) atoms. The molecular weight excluding hydrogens is 200 g/mol. The van der Waals surface area contributed by atoms with Gasteiger partial charge in [-0.05, 0) is 30.7 Å². The molecule has 3 aromatic rings. The molecule has 0 saturated carbocycles. The zero-order chi connectivity index (χ0) is 11.0. The summed E-state index contributed by atoms with van der Waals surface area (Å²) in [6.07, 6.45) is 3.56. The Morgan fingerprint density at radius 1 is 1.19 bits per heavy atom. The lowest BCUT2D eigenvalue weighted by Crippen LogP contribution is -1.83. The number of rotatable bonds is 1. The van der Waals surface area contributed by atoms with Crippen molar-refractivity contribution in [3.63, 3.8) is 0 Å². The lowest BCUT2D eigenvalue weighted by atomic mass is 10.3. The van der Waals surface area contributed by atoms with E-state index in [2.05, 4.69) is 19.9 Å². The highest BCUT2D eigenvalue weighted by Gasteiger charge is 2.06. The fourth-order valence-corrected chi connectivity index (χ4v) is 1.63. The van der Waals surface area contributed by atoms with Gasteiger partial charge < -0.3 is 4.98 Å². The topological polar surface area (TPSA) is 54.5 Å². The van der Waals surface area contributed by atoms with Gasteiger partial charge in [0.05, 0.1) is 5.52 Å². The second kappa shape index (κ2) is 3.41. The van der Waals surface area contributed by atoms with Crippen molar-refractivity contribution >= 4 is 11.2 Å². The zero-order valence-electron chi connectivity index (χ0n) is 8.81. The van der Waals surface area contributed by atoms with E-state index in [1.807, 2.05) is 37.4 Å². The zero-order valence-corrected chi connectivity index (χ0v) is 8.81. The second-order valence-electron chi connectivity index (χ2n) is 3.68. The normalized spacial score (nSPS) is 10.8. The van der Waals surface area contributed by atoms with Crippen LogP contribution in [0.3, 0.4) is 0 Å². The predicted molar refractivity (Wildman–Crippen MR) is 61.9 cm³/mol. The third-order valence-corrected chi connectivity index (χ3v) is 2.38. The van der Waals surface area contributed by atoms with E-state index < -0.39 is 0 Å². The number of hydrogen-bond acceptors (Lipinski definition) is 3. The fraction of sp³-hybridized carbons (Fsp3) is 0.0833. The highest BCUT2D eigenvalue weighted by molar-refractivity contribution is 5.75. The summed E-state index contributed by atoms with van der Waals surface area (Å²) in [4.78, 5) is 16.1. The fourth-order valence-electron chi connectivity index (χ4n) is 1.63. The van der Waals surface area contributed by atoms with Gasteiger partial charge in [0.25, 0.3) is 0 Å². The van der Waals surface area contributed by atoms with Crippen LogP contribution in [0.2, 0.25) is 0 Å². The number of H-pyrrole nitrogens is 1. The Balaban J connectivity index is 2.19. The minimum atomic E-state index is 0.728.